The molecule has 1 saturated carbocycles. The van der Waals surface area contributed by atoms with Crippen molar-refractivity contribution in [3.05, 3.63) is 29.8 Å². The summed E-state index contributed by atoms with van der Waals surface area (Å²) in [6.07, 6.45) is 10.2. The van der Waals surface area contributed by atoms with Crippen LogP contribution in [-0.2, 0) is 4.79 Å². The summed E-state index contributed by atoms with van der Waals surface area (Å²) in [5.41, 5.74) is 1.15. The molecule has 1 aromatic carbocycles. The van der Waals surface area contributed by atoms with Gasteiger partial charge in [0.15, 0.2) is 5.96 Å². The maximum Gasteiger partial charge on any atom is 0.243 e. The van der Waals surface area contributed by atoms with Gasteiger partial charge in [-0.3, -0.25) is 4.79 Å². The van der Waals surface area contributed by atoms with E-state index < -0.39 is 0 Å². The first-order valence-corrected chi connectivity index (χ1v) is 11.1. The van der Waals surface area contributed by atoms with Crippen molar-refractivity contribution in [1.82, 2.24) is 15.5 Å². The van der Waals surface area contributed by atoms with Gasteiger partial charge in [0.1, 0.15) is 12.3 Å². The minimum absolute atomic E-state index is 0. The molecule has 1 fully saturated rings. The highest BCUT2D eigenvalue weighted by molar-refractivity contribution is 14.0. The van der Waals surface area contributed by atoms with E-state index in [0.717, 1.165) is 36.6 Å². The molecule has 30 heavy (non-hydrogen) atoms. The van der Waals surface area contributed by atoms with Crippen molar-refractivity contribution >= 4 is 35.8 Å². The predicted molar refractivity (Wildman–Crippen MR) is 133 cm³/mol. The van der Waals surface area contributed by atoms with Gasteiger partial charge in [-0.1, -0.05) is 50.3 Å². The monoisotopic (exact) mass is 528 g/mol. The molecule has 0 spiro atoms. The van der Waals surface area contributed by atoms with E-state index in [1.54, 1.807) is 19.0 Å². The molecule has 0 aromatic heterocycles. The SMILES string of the molecule is CN(C)C(=O)CN=C(NCCCC1CCCCC1)NC1CCOc2ccccc21.I. The third kappa shape index (κ3) is 7.63. The fourth-order valence-corrected chi connectivity index (χ4v) is 4.17. The van der Waals surface area contributed by atoms with E-state index >= 15 is 0 Å². The first-order chi connectivity index (χ1) is 14.1. The molecule has 2 N–H and O–H groups in total. The average molecular weight is 528 g/mol. The lowest BCUT2D eigenvalue weighted by Crippen LogP contribution is -2.42. The van der Waals surface area contributed by atoms with Gasteiger partial charge in [-0.2, -0.15) is 0 Å². The Morgan fingerprint density at radius 1 is 1.17 bits per heavy atom. The van der Waals surface area contributed by atoms with Crippen LogP contribution in [-0.4, -0.2) is 50.6 Å². The Labute approximate surface area is 198 Å². The molecular weight excluding hydrogens is 491 g/mol. The van der Waals surface area contributed by atoms with Crippen LogP contribution < -0.4 is 15.4 Å². The molecule has 6 nitrogen and oxygen atoms in total. The minimum Gasteiger partial charge on any atom is -0.493 e. The van der Waals surface area contributed by atoms with Gasteiger partial charge in [-0.25, -0.2) is 4.99 Å². The van der Waals surface area contributed by atoms with Crippen LogP contribution in [0.1, 0.15) is 63.0 Å². The second-order valence-electron chi connectivity index (χ2n) is 8.40. The van der Waals surface area contributed by atoms with Crippen LogP contribution in [0.4, 0.5) is 0 Å². The van der Waals surface area contributed by atoms with E-state index in [4.69, 9.17) is 4.74 Å². The number of halogens is 1. The van der Waals surface area contributed by atoms with Crippen LogP contribution in [0.3, 0.4) is 0 Å². The molecule has 2 aliphatic rings. The zero-order valence-electron chi connectivity index (χ0n) is 18.4. The van der Waals surface area contributed by atoms with Gasteiger partial charge >= 0.3 is 0 Å². The first kappa shape index (κ1) is 24.8. The number of ether oxygens (including phenoxy) is 1. The summed E-state index contributed by atoms with van der Waals surface area (Å²) in [6.45, 7) is 1.71. The largest absolute Gasteiger partial charge is 0.493 e. The number of nitrogens with zero attached hydrogens (tertiary/aromatic N) is 2. The Balaban J connectivity index is 0.00000320. The lowest BCUT2D eigenvalue weighted by atomic mass is 9.86. The molecule has 3 rings (SSSR count). The average Bonchev–Trinajstić information content (AvgIpc) is 2.75. The Morgan fingerprint density at radius 2 is 1.93 bits per heavy atom. The van der Waals surface area contributed by atoms with Crippen molar-refractivity contribution < 1.29 is 9.53 Å². The lowest BCUT2D eigenvalue weighted by molar-refractivity contribution is -0.127. The van der Waals surface area contributed by atoms with E-state index in [2.05, 4.69) is 21.7 Å². The second kappa shape index (κ2) is 13.0. The number of benzene rings is 1. The van der Waals surface area contributed by atoms with E-state index in [-0.39, 0.29) is 42.5 Å². The van der Waals surface area contributed by atoms with Gasteiger partial charge in [-0.15, -0.1) is 24.0 Å². The van der Waals surface area contributed by atoms with Crippen LogP contribution in [0.5, 0.6) is 5.75 Å². The number of aliphatic imine (C=N–C) groups is 1. The van der Waals surface area contributed by atoms with Gasteiger partial charge in [0.05, 0.1) is 12.6 Å². The lowest BCUT2D eigenvalue weighted by Gasteiger charge is -2.28. The smallest absolute Gasteiger partial charge is 0.243 e. The highest BCUT2D eigenvalue weighted by atomic mass is 127. The number of fused-ring (bicyclic) bond motifs is 1. The van der Waals surface area contributed by atoms with E-state index in [9.17, 15) is 4.79 Å². The number of nitrogens with one attached hydrogen (secondary N) is 2. The molecule has 0 saturated heterocycles. The summed E-state index contributed by atoms with van der Waals surface area (Å²) in [5, 5.41) is 6.99. The van der Waals surface area contributed by atoms with Crippen LogP contribution in [0, 0.1) is 5.92 Å². The van der Waals surface area contributed by atoms with Crippen molar-refractivity contribution in [1.29, 1.82) is 0 Å². The van der Waals surface area contributed by atoms with Crippen LogP contribution in [0.25, 0.3) is 0 Å². The molecule has 7 heteroatoms. The summed E-state index contributed by atoms with van der Waals surface area (Å²) < 4.78 is 5.77. The molecule has 1 aliphatic carbocycles. The third-order valence-corrected chi connectivity index (χ3v) is 5.95. The van der Waals surface area contributed by atoms with Crippen molar-refractivity contribution in [2.45, 2.75) is 57.4 Å². The Morgan fingerprint density at radius 3 is 2.70 bits per heavy atom. The first-order valence-electron chi connectivity index (χ1n) is 11.1. The summed E-state index contributed by atoms with van der Waals surface area (Å²) in [5.74, 6) is 2.53. The maximum absolute atomic E-state index is 12.0. The van der Waals surface area contributed by atoms with Crippen molar-refractivity contribution in [2.75, 3.05) is 33.8 Å². The van der Waals surface area contributed by atoms with E-state index in [0.29, 0.717) is 12.6 Å². The fraction of sp³-hybridized carbons (Fsp3) is 0.652. The van der Waals surface area contributed by atoms with E-state index in [1.807, 2.05) is 18.2 Å². The van der Waals surface area contributed by atoms with Gasteiger partial charge in [-0.05, 0) is 24.8 Å². The van der Waals surface area contributed by atoms with E-state index in [1.165, 1.54) is 38.5 Å². The summed E-state index contributed by atoms with van der Waals surface area (Å²) in [4.78, 5) is 18.2. The zero-order chi connectivity index (χ0) is 20.5. The number of guanidine groups is 1. The second-order valence-corrected chi connectivity index (χ2v) is 8.40. The number of carbonyl (C=O) groups is 1. The quantitative estimate of drug-likeness (QED) is 0.242. The standard InChI is InChI=1S/C23H36N4O2.HI/c1-27(2)22(28)17-25-23(24-15-8-11-18-9-4-3-5-10-18)26-20-14-16-29-21-13-7-6-12-19(20)21;/h6-7,12-13,18,20H,3-5,8-11,14-17H2,1-2H3,(H2,24,25,26);1H. The summed E-state index contributed by atoms with van der Waals surface area (Å²) in [6, 6.07) is 8.27. The van der Waals surface area contributed by atoms with Crippen LogP contribution in [0.15, 0.2) is 29.3 Å². The fourth-order valence-electron chi connectivity index (χ4n) is 4.17. The highest BCUT2D eigenvalue weighted by Gasteiger charge is 2.22. The molecule has 1 unspecified atom stereocenters. The molecule has 1 amide bonds. The predicted octanol–water partition coefficient (Wildman–Crippen LogP) is 4.11. The maximum atomic E-state index is 12.0. The number of hydrogen-bond acceptors (Lipinski definition) is 3. The minimum atomic E-state index is 0. The molecule has 1 heterocycles. The molecule has 0 radical (unpaired) electrons. The molecule has 1 aromatic rings. The van der Waals surface area contributed by atoms with Gasteiger partial charge < -0.3 is 20.3 Å². The number of likely N-dealkylation sites (N-methyl/N-ethyl adjacent to an activating group) is 1. The molecular formula is C23H37IN4O2. The van der Waals surface area contributed by atoms with Gasteiger partial charge in [0, 0.05) is 32.6 Å². The third-order valence-electron chi connectivity index (χ3n) is 5.95. The Kier molecular flexibility index (Phi) is 10.7. The van der Waals surface area contributed by atoms with Crippen molar-refractivity contribution in [3.8, 4) is 5.75 Å². The van der Waals surface area contributed by atoms with Crippen LogP contribution >= 0.6 is 24.0 Å². The number of amides is 1. The van der Waals surface area contributed by atoms with Gasteiger partial charge in [0.2, 0.25) is 5.91 Å². The van der Waals surface area contributed by atoms with Gasteiger partial charge in [0.25, 0.3) is 0 Å². The molecule has 1 atom stereocenters. The molecule has 168 valence electrons. The normalized spacial score (nSPS) is 19.1. The topological polar surface area (TPSA) is 66.0 Å². The number of rotatable bonds is 7. The number of carbonyl (C=O) groups excluding carboxylic acids is 1. The highest BCUT2D eigenvalue weighted by Crippen LogP contribution is 2.31. The number of hydrogen-bond donors (Lipinski definition) is 2. The molecule has 1 aliphatic heterocycles. The number of para-hydroxylation sites is 1. The Hall–Kier alpha value is -1.51. The summed E-state index contributed by atoms with van der Waals surface area (Å²) in [7, 11) is 3.52. The summed E-state index contributed by atoms with van der Waals surface area (Å²) >= 11 is 0. The zero-order valence-corrected chi connectivity index (χ0v) is 20.7. The molecule has 0 bridgehead atoms. The van der Waals surface area contributed by atoms with Crippen LogP contribution in [0.2, 0.25) is 0 Å². The van der Waals surface area contributed by atoms with Crippen molar-refractivity contribution in [3.63, 3.8) is 0 Å². The van der Waals surface area contributed by atoms with Crippen molar-refractivity contribution in [2.24, 2.45) is 10.9 Å². The Bertz CT molecular complexity index is 690.